The van der Waals surface area contributed by atoms with E-state index in [4.69, 9.17) is 0 Å². The molecular weight excluding hydrogens is 289 g/mol. The van der Waals surface area contributed by atoms with E-state index in [0.29, 0.717) is 18.9 Å². The Labute approximate surface area is 119 Å². The monoisotopic (exact) mass is 304 g/mol. The highest BCUT2D eigenvalue weighted by Crippen LogP contribution is 2.18. The lowest BCUT2D eigenvalue weighted by molar-refractivity contribution is -0.136. The minimum Gasteiger partial charge on any atom is -0.391 e. The van der Waals surface area contributed by atoms with Crippen LogP contribution in [0.3, 0.4) is 0 Å². The topological polar surface area (TPSA) is 78.4 Å². The van der Waals surface area contributed by atoms with Crippen molar-refractivity contribution >= 4 is 17.5 Å². The Hall–Kier alpha value is -2.09. The lowest BCUT2D eigenvalue weighted by Gasteiger charge is -2.11. The number of amides is 2. The number of aliphatic hydroxyl groups excluding tert-OH is 1. The molecule has 2 amide bonds. The van der Waals surface area contributed by atoms with E-state index in [0.717, 1.165) is 0 Å². The summed E-state index contributed by atoms with van der Waals surface area (Å²) >= 11 is 0. The Bertz CT molecular complexity index is 538. The molecule has 1 aromatic rings. The van der Waals surface area contributed by atoms with Gasteiger partial charge in [0.2, 0.25) is 0 Å². The van der Waals surface area contributed by atoms with Crippen molar-refractivity contribution in [3.63, 3.8) is 0 Å². The normalized spacial score (nSPS) is 11.9. The summed E-state index contributed by atoms with van der Waals surface area (Å²) in [5, 5.41) is 13.3. The molecule has 0 heterocycles. The molecule has 0 aliphatic heterocycles. The first-order valence-corrected chi connectivity index (χ1v) is 6.27. The highest BCUT2D eigenvalue weighted by Gasteiger charge is 2.18. The molecule has 0 aliphatic rings. The van der Waals surface area contributed by atoms with Crippen LogP contribution in [0.25, 0.3) is 0 Å². The van der Waals surface area contributed by atoms with Gasteiger partial charge in [-0.3, -0.25) is 9.59 Å². The summed E-state index contributed by atoms with van der Waals surface area (Å²) in [6.07, 6.45) is 0.343. The van der Waals surface area contributed by atoms with Crippen molar-refractivity contribution in [2.75, 3.05) is 11.9 Å². The van der Waals surface area contributed by atoms with Crippen LogP contribution in [0.2, 0.25) is 0 Å². The molecule has 1 unspecified atom stereocenters. The van der Waals surface area contributed by atoms with Gasteiger partial charge in [0.1, 0.15) is 5.82 Å². The SMILES string of the molecule is CCCC(O)CNC(=O)C(=O)Nc1cc(F)c(F)cc1F. The Morgan fingerprint density at radius 3 is 2.38 bits per heavy atom. The Balaban J connectivity index is 2.60. The Morgan fingerprint density at radius 1 is 1.14 bits per heavy atom. The smallest absolute Gasteiger partial charge is 0.313 e. The minimum absolute atomic E-state index is 0.139. The summed E-state index contributed by atoms with van der Waals surface area (Å²) in [6.45, 7) is 1.70. The third-order valence-corrected chi connectivity index (χ3v) is 2.58. The molecule has 0 spiro atoms. The predicted octanol–water partition coefficient (Wildman–Crippen LogP) is 1.32. The van der Waals surface area contributed by atoms with Crippen LogP contribution in [0, 0.1) is 17.5 Å². The Kier molecular flexibility index (Phi) is 6.16. The van der Waals surface area contributed by atoms with E-state index < -0.39 is 41.1 Å². The van der Waals surface area contributed by atoms with Crippen molar-refractivity contribution in [1.29, 1.82) is 0 Å². The number of aliphatic hydroxyl groups is 1. The van der Waals surface area contributed by atoms with E-state index in [1.807, 2.05) is 12.2 Å². The van der Waals surface area contributed by atoms with Crippen LogP contribution < -0.4 is 10.6 Å². The van der Waals surface area contributed by atoms with E-state index in [-0.39, 0.29) is 12.6 Å². The highest BCUT2D eigenvalue weighted by atomic mass is 19.2. The van der Waals surface area contributed by atoms with Crippen LogP contribution in [0.1, 0.15) is 19.8 Å². The molecule has 21 heavy (non-hydrogen) atoms. The molecule has 116 valence electrons. The number of nitrogens with one attached hydrogen (secondary N) is 2. The number of benzene rings is 1. The molecule has 1 aromatic carbocycles. The second-order valence-electron chi connectivity index (χ2n) is 4.35. The van der Waals surface area contributed by atoms with Gasteiger partial charge in [-0.25, -0.2) is 13.2 Å². The van der Waals surface area contributed by atoms with Crippen molar-refractivity contribution in [1.82, 2.24) is 5.32 Å². The van der Waals surface area contributed by atoms with Crippen molar-refractivity contribution in [3.8, 4) is 0 Å². The summed E-state index contributed by atoms with van der Waals surface area (Å²) in [7, 11) is 0. The summed E-state index contributed by atoms with van der Waals surface area (Å²) in [5.74, 6) is -6.33. The van der Waals surface area contributed by atoms with Gasteiger partial charge < -0.3 is 15.7 Å². The fraction of sp³-hybridized carbons (Fsp3) is 0.385. The van der Waals surface area contributed by atoms with Crippen LogP contribution in [0.5, 0.6) is 0 Å². The van der Waals surface area contributed by atoms with E-state index in [1.54, 1.807) is 0 Å². The number of hydrogen-bond acceptors (Lipinski definition) is 3. The average molecular weight is 304 g/mol. The van der Waals surface area contributed by atoms with E-state index in [9.17, 15) is 27.9 Å². The first-order chi connectivity index (χ1) is 9.85. The van der Waals surface area contributed by atoms with Gasteiger partial charge in [-0.15, -0.1) is 0 Å². The van der Waals surface area contributed by atoms with Crippen molar-refractivity contribution < 1.29 is 27.9 Å². The van der Waals surface area contributed by atoms with Crippen LogP contribution >= 0.6 is 0 Å². The zero-order valence-corrected chi connectivity index (χ0v) is 11.3. The lowest BCUT2D eigenvalue weighted by atomic mass is 10.2. The highest BCUT2D eigenvalue weighted by molar-refractivity contribution is 6.39. The van der Waals surface area contributed by atoms with Gasteiger partial charge >= 0.3 is 11.8 Å². The second-order valence-corrected chi connectivity index (χ2v) is 4.35. The summed E-state index contributed by atoms with van der Waals surface area (Å²) in [5.41, 5.74) is -0.650. The molecular formula is C13H15F3N2O3. The molecule has 0 aromatic heterocycles. The fourth-order valence-electron chi connectivity index (χ4n) is 1.52. The van der Waals surface area contributed by atoms with Gasteiger partial charge in [-0.05, 0) is 6.42 Å². The molecule has 1 atom stereocenters. The standard InChI is InChI=1S/C13H15F3N2O3/c1-2-3-7(19)6-17-12(20)13(21)18-11-5-9(15)8(14)4-10(11)16/h4-5,7,19H,2-3,6H2,1H3,(H,17,20)(H,18,21). The van der Waals surface area contributed by atoms with Crippen LogP contribution in [-0.2, 0) is 9.59 Å². The zero-order chi connectivity index (χ0) is 16.0. The lowest BCUT2D eigenvalue weighted by Crippen LogP contribution is -2.39. The zero-order valence-electron chi connectivity index (χ0n) is 11.3. The third-order valence-electron chi connectivity index (χ3n) is 2.58. The molecule has 0 bridgehead atoms. The maximum Gasteiger partial charge on any atom is 0.313 e. The number of halogens is 3. The predicted molar refractivity (Wildman–Crippen MR) is 68.9 cm³/mol. The molecule has 0 saturated carbocycles. The van der Waals surface area contributed by atoms with Gasteiger partial charge in [0, 0.05) is 18.7 Å². The van der Waals surface area contributed by atoms with Gasteiger partial charge in [-0.2, -0.15) is 0 Å². The van der Waals surface area contributed by atoms with E-state index in [1.165, 1.54) is 0 Å². The second kappa shape index (κ2) is 7.63. The number of carbonyl (C=O) groups is 2. The molecule has 3 N–H and O–H groups in total. The van der Waals surface area contributed by atoms with Crippen LogP contribution in [0.15, 0.2) is 12.1 Å². The van der Waals surface area contributed by atoms with Crippen LogP contribution in [-0.4, -0.2) is 29.6 Å². The van der Waals surface area contributed by atoms with Crippen molar-refractivity contribution in [2.24, 2.45) is 0 Å². The van der Waals surface area contributed by atoms with Gasteiger partial charge in [0.15, 0.2) is 11.6 Å². The van der Waals surface area contributed by atoms with Gasteiger partial charge in [0.25, 0.3) is 0 Å². The van der Waals surface area contributed by atoms with Gasteiger partial charge in [0.05, 0.1) is 11.8 Å². The molecule has 0 fully saturated rings. The summed E-state index contributed by atoms with van der Waals surface area (Å²) in [4.78, 5) is 22.8. The molecule has 5 nitrogen and oxygen atoms in total. The molecule has 0 saturated heterocycles. The maximum atomic E-state index is 13.3. The average Bonchev–Trinajstić information content (AvgIpc) is 2.42. The van der Waals surface area contributed by atoms with Gasteiger partial charge in [-0.1, -0.05) is 13.3 Å². The van der Waals surface area contributed by atoms with Crippen molar-refractivity contribution in [2.45, 2.75) is 25.9 Å². The maximum absolute atomic E-state index is 13.3. The van der Waals surface area contributed by atoms with Crippen molar-refractivity contribution in [3.05, 3.63) is 29.6 Å². The molecule has 0 radical (unpaired) electrons. The Morgan fingerprint density at radius 2 is 1.76 bits per heavy atom. The number of hydrogen-bond donors (Lipinski definition) is 3. The quantitative estimate of drug-likeness (QED) is 0.567. The minimum atomic E-state index is -1.40. The van der Waals surface area contributed by atoms with E-state index >= 15 is 0 Å². The largest absolute Gasteiger partial charge is 0.391 e. The third kappa shape index (κ3) is 5.07. The molecule has 8 heteroatoms. The molecule has 1 rings (SSSR count). The summed E-state index contributed by atoms with van der Waals surface area (Å²) in [6, 6.07) is 0.690. The van der Waals surface area contributed by atoms with E-state index in [2.05, 4.69) is 5.32 Å². The summed E-state index contributed by atoms with van der Waals surface area (Å²) < 4.78 is 38.9. The number of carbonyl (C=O) groups excluding carboxylic acids is 2. The first kappa shape index (κ1) is 17.0. The number of rotatable bonds is 5. The molecule has 0 aliphatic carbocycles. The van der Waals surface area contributed by atoms with Crippen LogP contribution in [0.4, 0.5) is 18.9 Å². The number of anilines is 1. The fourth-order valence-corrected chi connectivity index (χ4v) is 1.52. The first-order valence-electron chi connectivity index (χ1n) is 6.27.